The van der Waals surface area contributed by atoms with E-state index in [4.69, 9.17) is 4.52 Å². The predicted molar refractivity (Wildman–Crippen MR) is 97.4 cm³/mol. The van der Waals surface area contributed by atoms with Gasteiger partial charge in [-0.15, -0.1) is 0 Å². The Labute approximate surface area is 149 Å². The smallest absolute Gasteiger partial charge is 0.256 e. The molecule has 0 aliphatic carbocycles. The summed E-state index contributed by atoms with van der Waals surface area (Å²) < 4.78 is 5.16. The number of carbonyl (C=O) groups excluding carboxylic acids is 1. The second kappa shape index (κ2) is 8.30. The zero-order valence-electron chi connectivity index (χ0n) is 15.1. The number of rotatable bonds is 6. The van der Waals surface area contributed by atoms with E-state index >= 15 is 0 Å². The summed E-state index contributed by atoms with van der Waals surface area (Å²) in [5.41, 5.74) is 2.70. The van der Waals surface area contributed by atoms with Gasteiger partial charge in [0.2, 0.25) is 0 Å². The number of hydrogen-bond donors (Lipinski definition) is 1. The molecule has 1 N–H and O–H groups in total. The van der Waals surface area contributed by atoms with Crippen molar-refractivity contribution in [3.8, 4) is 0 Å². The van der Waals surface area contributed by atoms with E-state index < -0.39 is 0 Å². The molecular formula is C20H27N3O2. The van der Waals surface area contributed by atoms with Crippen LogP contribution in [0.1, 0.15) is 47.1 Å². The summed E-state index contributed by atoms with van der Waals surface area (Å²) >= 11 is 0. The van der Waals surface area contributed by atoms with E-state index in [2.05, 4.69) is 45.7 Å². The van der Waals surface area contributed by atoms with E-state index in [1.54, 1.807) is 6.92 Å². The molecule has 5 heteroatoms. The van der Waals surface area contributed by atoms with E-state index in [-0.39, 0.29) is 5.91 Å². The molecule has 25 heavy (non-hydrogen) atoms. The first-order chi connectivity index (χ1) is 12.2. The van der Waals surface area contributed by atoms with E-state index in [9.17, 15) is 4.79 Å². The minimum atomic E-state index is -0.0595. The van der Waals surface area contributed by atoms with E-state index in [0.29, 0.717) is 30.2 Å². The van der Waals surface area contributed by atoms with Crippen LogP contribution >= 0.6 is 0 Å². The van der Waals surface area contributed by atoms with Crippen molar-refractivity contribution in [2.24, 2.45) is 5.92 Å². The largest absolute Gasteiger partial charge is 0.361 e. The van der Waals surface area contributed by atoms with Gasteiger partial charge in [0.1, 0.15) is 11.3 Å². The van der Waals surface area contributed by atoms with E-state index in [0.717, 1.165) is 31.7 Å². The zero-order valence-corrected chi connectivity index (χ0v) is 15.1. The van der Waals surface area contributed by atoms with Crippen molar-refractivity contribution in [1.82, 2.24) is 15.4 Å². The number of benzene rings is 1. The number of carbonyl (C=O) groups is 1. The molecule has 3 rings (SSSR count). The average Bonchev–Trinajstić information content (AvgIpc) is 3.02. The maximum atomic E-state index is 12.5. The van der Waals surface area contributed by atoms with Crippen molar-refractivity contribution in [2.45, 2.75) is 39.7 Å². The lowest BCUT2D eigenvalue weighted by molar-refractivity contribution is 0.0928. The van der Waals surface area contributed by atoms with E-state index in [1.165, 1.54) is 12.0 Å². The summed E-state index contributed by atoms with van der Waals surface area (Å²) in [6.07, 6.45) is 3.04. The average molecular weight is 341 g/mol. The molecule has 0 saturated carbocycles. The Kier molecular flexibility index (Phi) is 5.87. The Morgan fingerprint density at radius 3 is 2.92 bits per heavy atom. The summed E-state index contributed by atoms with van der Waals surface area (Å²) in [6.45, 7) is 7.62. The number of aromatic nitrogens is 1. The van der Waals surface area contributed by atoms with Gasteiger partial charge in [-0.1, -0.05) is 42.4 Å². The molecule has 1 amide bonds. The maximum absolute atomic E-state index is 12.5. The highest BCUT2D eigenvalue weighted by Gasteiger charge is 2.23. The van der Waals surface area contributed by atoms with Gasteiger partial charge in [0.15, 0.2) is 0 Å². The van der Waals surface area contributed by atoms with Gasteiger partial charge in [0.05, 0.1) is 5.69 Å². The van der Waals surface area contributed by atoms with Crippen LogP contribution in [0, 0.1) is 12.8 Å². The summed E-state index contributed by atoms with van der Waals surface area (Å²) in [4.78, 5) is 15.0. The molecule has 0 bridgehead atoms. The Morgan fingerprint density at radius 2 is 2.16 bits per heavy atom. The van der Waals surface area contributed by atoms with Gasteiger partial charge < -0.3 is 9.84 Å². The van der Waals surface area contributed by atoms with Gasteiger partial charge in [0, 0.05) is 19.6 Å². The van der Waals surface area contributed by atoms with Crippen molar-refractivity contribution in [2.75, 3.05) is 19.6 Å². The minimum absolute atomic E-state index is 0.0595. The summed E-state index contributed by atoms with van der Waals surface area (Å²) in [7, 11) is 0. The third-order valence-electron chi connectivity index (χ3n) is 4.90. The molecule has 1 saturated heterocycles. The second-order valence-electron chi connectivity index (χ2n) is 6.85. The molecule has 1 aliphatic heterocycles. The Balaban J connectivity index is 1.52. The van der Waals surface area contributed by atoms with Crippen LogP contribution in [0.5, 0.6) is 0 Å². The van der Waals surface area contributed by atoms with Crippen LogP contribution in [-0.4, -0.2) is 35.6 Å². The Hall–Kier alpha value is -2.14. The minimum Gasteiger partial charge on any atom is -0.361 e. The van der Waals surface area contributed by atoms with Crippen LogP contribution < -0.4 is 5.32 Å². The molecule has 134 valence electrons. The van der Waals surface area contributed by atoms with Gasteiger partial charge in [0.25, 0.3) is 5.91 Å². The molecule has 1 aliphatic rings. The third-order valence-corrected chi connectivity index (χ3v) is 4.90. The lowest BCUT2D eigenvalue weighted by atomic mass is 9.97. The molecule has 2 heterocycles. The first-order valence-electron chi connectivity index (χ1n) is 9.17. The number of piperidine rings is 1. The molecule has 1 aromatic carbocycles. The van der Waals surface area contributed by atoms with Crippen molar-refractivity contribution in [3.05, 3.63) is 52.9 Å². The predicted octanol–water partition coefficient (Wildman–Crippen LogP) is 3.19. The Bertz CT molecular complexity index is 696. The highest BCUT2D eigenvalue weighted by molar-refractivity contribution is 5.96. The molecule has 0 spiro atoms. The van der Waals surface area contributed by atoms with Crippen LogP contribution in [0.4, 0.5) is 0 Å². The van der Waals surface area contributed by atoms with Crippen LogP contribution in [-0.2, 0) is 13.0 Å². The SMILES string of the molecule is CCc1noc(C)c1C(=O)NCC1CCCN(Cc2ccccc2)C1. The topological polar surface area (TPSA) is 58.4 Å². The van der Waals surface area contributed by atoms with Crippen molar-refractivity contribution < 1.29 is 9.32 Å². The van der Waals surface area contributed by atoms with E-state index in [1.807, 2.05) is 6.92 Å². The van der Waals surface area contributed by atoms with Crippen LogP contribution in [0.2, 0.25) is 0 Å². The standard InChI is InChI=1S/C20H27N3O2/c1-3-18-19(15(2)25-22-18)20(24)21-12-17-10-7-11-23(14-17)13-16-8-5-4-6-9-16/h4-6,8-9,17H,3,7,10-14H2,1-2H3,(H,21,24). The number of nitrogens with one attached hydrogen (secondary N) is 1. The fraction of sp³-hybridized carbons (Fsp3) is 0.500. The summed E-state index contributed by atoms with van der Waals surface area (Å²) in [6, 6.07) is 10.6. The zero-order chi connectivity index (χ0) is 17.6. The molecule has 0 radical (unpaired) electrons. The highest BCUT2D eigenvalue weighted by atomic mass is 16.5. The number of amides is 1. The van der Waals surface area contributed by atoms with Crippen LogP contribution in [0.25, 0.3) is 0 Å². The first kappa shape index (κ1) is 17.7. The van der Waals surface area contributed by atoms with Crippen molar-refractivity contribution in [1.29, 1.82) is 0 Å². The monoisotopic (exact) mass is 341 g/mol. The fourth-order valence-corrected chi connectivity index (χ4v) is 3.58. The molecular weight excluding hydrogens is 314 g/mol. The molecule has 5 nitrogen and oxygen atoms in total. The molecule has 1 aromatic heterocycles. The van der Waals surface area contributed by atoms with Gasteiger partial charge in [-0.25, -0.2) is 0 Å². The summed E-state index contributed by atoms with van der Waals surface area (Å²) in [5.74, 6) is 1.03. The van der Waals surface area contributed by atoms with Crippen LogP contribution in [0.15, 0.2) is 34.9 Å². The lowest BCUT2D eigenvalue weighted by Gasteiger charge is -2.32. The molecule has 1 fully saturated rings. The van der Waals surface area contributed by atoms with Gasteiger partial charge in [-0.05, 0) is 44.2 Å². The molecule has 1 atom stereocenters. The quantitative estimate of drug-likeness (QED) is 0.877. The first-order valence-corrected chi connectivity index (χ1v) is 9.17. The maximum Gasteiger partial charge on any atom is 0.256 e. The summed E-state index contributed by atoms with van der Waals surface area (Å²) in [5, 5.41) is 7.05. The second-order valence-corrected chi connectivity index (χ2v) is 6.85. The third kappa shape index (κ3) is 4.48. The van der Waals surface area contributed by atoms with Crippen molar-refractivity contribution >= 4 is 5.91 Å². The van der Waals surface area contributed by atoms with Gasteiger partial charge in [-0.3, -0.25) is 9.69 Å². The highest BCUT2D eigenvalue weighted by Crippen LogP contribution is 2.19. The number of aryl methyl sites for hydroxylation is 2. The molecule has 2 aromatic rings. The van der Waals surface area contributed by atoms with Gasteiger partial charge in [-0.2, -0.15) is 0 Å². The molecule has 1 unspecified atom stereocenters. The van der Waals surface area contributed by atoms with Crippen LogP contribution in [0.3, 0.4) is 0 Å². The number of nitrogens with zero attached hydrogens (tertiary/aromatic N) is 2. The van der Waals surface area contributed by atoms with Crippen molar-refractivity contribution in [3.63, 3.8) is 0 Å². The number of hydrogen-bond acceptors (Lipinski definition) is 4. The lowest BCUT2D eigenvalue weighted by Crippen LogP contribution is -2.40. The fourth-order valence-electron chi connectivity index (χ4n) is 3.58. The normalized spacial score (nSPS) is 18.2. The Morgan fingerprint density at radius 1 is 1.36 bits per heavy atom. The van der Waals surface area contributed by atoms with Gasteiger partial charge >= 0.3 is 0 Å². The number of likely N-dealkylation sites (tertiary alicyclic amines) is 1.